The van der Waals surface area contributed by atoms with E-state index in [2.05, 4.69) is 10.6 Å². The smallest absolute Gasteiger partial charge is 0.317 e. The molecule has 6 heteroatoms. The van der Waals surface area contributed by atoms with Crippen molar-refractivity contribution in [1.82, 2.24) is 15.5 Å². The Balaban J connectivity index is 1.24. The highest BCUT2D eigenvalue weighted by Crippen LogP contribution is 2.58. The first kappa shape index (κ1) is 16.9. The van der Waals surface area contributed by atoms with Gasteiger partial charge < -0.3 is 15.5 Å². The van der Waals surface area contributed by atoms with Gasteiger partial charge in [-0.05, 0) is 37.1 Å². The molecule has 1 saturated heterocycles. The zero-order valence-corrected chi connectivity index (χ0v) is 15.4. The largest absolute Gasteiger partial charge is 0.351 e. The summed E-state index contributed by atoms with van der Waals surface area (Å²) in [5.41, 5.74) is 0.0451. The number of thiophene rings is 1. The third-order valence-corrected chi connectivity index (χ3v) is 7.00. The number of urea groups is 1. The van der Waals surface area contributed by atoms with Gasteiger partial charge in [0.05, 0.1) is 6.54 Å². The van der Waals surface area contributed by atoms with Crippen molar-refractivity contribution in [2.45, 2.75) is 57.5 Å². The number of nitrogens with one attached hydrogen (secondary N) is 2. The zero-order chi connectivity index (χ0) is 17.3. The molecule has 3 fully saturated rings. The van der Waals surface area contributed by atoms with E-state index in [0.717, 1.165) is 38.8 Å². The van der Waals surface area contributed by atoms with Gasteiger partial charge in [-0.2, -0.15) is 0 Å². The van der Waals surface area contributed by atoms with E-state index in [4.69, 9.17) is 0 Å². The molecule has 1 aromatic heterocycles. The lowest BCUT2D eigenvalue weighted by atomic mass is 9.96. The topological polar surface area (TPSA) is 61.4 Å². The SMILES string of the molecule is O=C(NCc1cccs1)[C@@H]1C[C@@]12CCN(C(=O)NC1CCCCC1)C2. The number of carbonyl (C=O) groups excluding carboxylic acids is 2. The molecule has 3 aliphatic rings. The Hall–Kier alpha value is -1.56. The van der Waals surface area contributed by atoms with Crippen LogP contribution in [0.15, 0.2) is 17.5 Å². The van der Waals surface area contributed by atoms with Crippen LogP contribution in [-0.2, 0) is 11.3 Å². The van der Waals surface area contributed by atoms with Crippen molar-refractivity contribution in [3.05, 3.63) is 22.4 Å². The van der Waals surface area contributed by atoms with Gasteiger partial charge in [0, 0.05) is 35.3 Å². The molecule has 1 aliphatic heterocycles. The van der Waals surface area contributed by atoms with Crippen molar-refractivity contribution >= 4 is 23.3 Å². The molecule has 25 heavy (non-hydrogen) atoms. The van der Waals surface area contributed by atoms with Crippen LogP contribution in [0, 0.1) is 11.3 Å². The van der Waals surface area contributed by atoms with E-state index >= 15 is 0 Å². The van der Waals surface area contributed by atoms with Crippen molar-refractivity contribution < 1.29 is 9.59 Å². The molecule has 5 nitrogen and oxygen atoms in total. The predicted molar refractivity (Wildman–Crippen MR) is 98.3 cm³/mol. The van der Waals surface area contributed by atoms with Gasteiger partial charge in [-0.1, -0.05) is 25.3 Å². The van der Waals surface area contributed by atoms with Gasteiger partial charge in [0.15, 0.2) is 0 Å². The summed E-state index contributed by atoms with van der Waals surface area (Å²) < 4.78 is 0. The van der Waals surface area contributed by atoms with Gasteiger partial charge >= 0.3 is 6.03 Å². The second-order valence-corrected chi connectivity index (χ2v) is 8.90. The second-order valence-electron chi connectivity index (χ2n) is 7.87. The number of likely N-dealkylation sites (tertiary alicyclic amines) is 1. The van der Waals surface area contributed by atoms with E-state index < -0.39 is 0 Å². The normalized spacial score (nSPS) is 29.0. The summed E-state index contributed by atoms with van der Waals surface area (Å²) in [7, 11) is 0. The van der Waals surface area contributed by atoms with Crippen LogP contribution in [0.2, 0.25) is 0 Å². The molecule has 0 unspecified atom stereocenters. The molecule has 0 radical (unpaired) electrons. The van der Waals surface area contributed by atoms with E-state index in [1.54, 1.807) is 11.3 Å². The van der Waals surface area contributed by atoms with E-state index in [9.17, 15) is 9.59 Å². The average molecular weight is 362 g/mol. The molecule has 2 N–H and O–H groups in total. The highest BCUT2D eigenvalue weighted by Gasteiger charge is 2.61. The minimum Gasteiger partial charge on any atom is -0.351 e. The fraction of sp³-hybridized carbons (Fsp3) is 0.684. The molecule has 0 bridgehead atoms. The number of nitrogens with zero attached hydrogens (tertiary/aromatic N) is 1. The van der Waals surface area contributed by atoms with Crippen LogP contribution in [0.4, 0.5) is 4.79 Å². The van der Waals surface area contributed by atoms with Crippen LogP contribution in [-0.4, -0.2) is 36.0 Å². The summed E-state index contributed by atoms with van der Waals surface area (Å²) in [5.74, 6) is 0.239. The maximum atomic E-state index is 12.5. The molecule has 4 rings (SSSR count). The Morgan fingerprint density at radius 2 is 2.12 bits per heavy atom. The maximum Gasteiger partial charge on any atom is 0.317 e. The van der Waals surface area contributed by atoms with Crippen LogP contribution in [0.5, 0.6) is 0 Å². The summed E-state index contributed by atoms with van der Waals surface area (Å²) in [5, 5.41) is 8.29. The van der Waals surface area contributed by atoms with E-state index in [-0.39, 0.29) is 23.3 Å². The molecular formula is C19H27N3O2S. The van der Waals surface area contributed by atoms with Crippen molar-refractivity contribution in [2.75, 3.05) is 13.1 Å². The Bertz CT molecular complexity index is 627. The highest BCUT2D eigenvalue weighted by atomic mass is 32.1. The Morgan fingerprint density at radius 3 is 2.88 bits per heavy atom. The van der Waals surface area contributed by atoms with Crippen LogP contribution in [0.1, 0.15) is 49.8 Å². The number of hydrogen-bond acceptors (Lipinski definition) is 3. The molecule has 136 valence electrons. The maximum absolute atomic E-state index is 12.5. The zero-order valence-electron chi connectivity index (χ0n) is 14.6. The quantitative estimate of drug-likeness (QED) is 0.865. The molecule has 1 aromatic rings. The lowest BCUT2D eigenvalue weighted by Gasteiger charge is -2.26. The molecule has 1 spiro atoms. The van der Waals surface area contributed by atoms with Crippen molar-refractivity contribution in [2.24, 2.45) is 11.3 Å². The van der Waals surface area contributed by atoms with Crippen LogP contribution in [0.3, 0.4) is 0 Å². The number of rotatable bonds is 4. The molecule has 3 amide bonds. The van der Waals surface area contributed by atoms with E-state index in [1.807, 2.05) is 22.4 Å². The van der Waals surface area contributed by atoms with Gasteiger partial charge in [0.2, 0.25) is 5.91 Å². The van der Waals surface area contributed by atoms with E-state index in [0.29, 0.717) is 12.6 Å². The van der Waals surface area contributed by atoms with Crippen LogP contribution >= 0.6 is 11.3 Å². The third-order valence-electron chi connectivity index (χ3n) is 6.13. The first-order chi connectivity index (χ1) is 12.2. The predicted octanol–water partition coefficient (Wildman–Crippen LogP) is 3.12. The van der Waals surface area contributed by atoms with Crippen LogP contribution in [0.25, 0.3) is 0 Å². The van der Waals surface area contributed by atoms with Crippen molar-refractivity contribution in [3.63, 3.8) is 0 Å². The monoisotopic (exact) mass is 361 g/mol. The lowest BCUT2D eigenvalue weighted by molar-refractivity contribution is -0.123. The fourth-order valence-electron chi connectivity index (χ4n) is 4.46. The molecular weight excluding hydrogens is 334 g/mol. The minimum absolute atomic E-state index is 0.0451. The molecule has 2 atom stereocenters. The molecule has 0 aromatic carbocycles. The Labute approximate surface area is 153 Å². The highest BCUT2D eigenvalue weighted by molar-refractivity contribution is 7.09. The average Bonchev–Trinajstić information content (AvgIpc) is 2.97. The molecule has 2 aliphatic carbocycles. The van der Waals surface area contributed by atoms with Gasteiger partial charge in [-0.3, -0.25) is 4.79 Å². The summed E-state index contributed by atoms with van der Waals surface area (Å²) in [6, 6.07) is 4.47. The van der Waals surface area contributed by atoms with Gasteiger partial charge in [-0.15, -0.1) is 11.3 Å². The number of hydrogen-bond donors (Lipinski definition) is 2. The lowest BCUT2D eigenvalue weighted by Crippen LogP contribution is -2.44. The van der Waals surface area contributed by atoms with Gasteiger partial charge in [0.25, 0.3) is 0 Å². The Kier molecular flexibility index (Phi) is 4.71. The van der Waals surface area contributed by atoms with Gasteiger partial charge in [0.1, 0.15) is 0 Å². The van der Waals surface area contributed by atoms with E-state index in [1.165, 1.54) is 24.1 Å². The van der Waals surface area contributed by atoms with Crippen molar-refractivity contribution in [1.29, 1.82) is 0 Å². The third kappa shape index (κ3) is 3.68. The number of amides is 3. The first-order valence-electron chi connectivity index (χ1n) is 9.52. The second kappa shape index (κ2) is 6.98. The van der Waals surface area contributed by atoms with Crippen molar-refractivity contribution in [3.8, 4) is 0 Å². The summed E-state index contributed by atoms with van der Waals surface area (Å²) in [4.78, 5) is 28.0. The minimum atomic E-state index is 0.0451. The summed E-state index contributed by atoms with van der Waals surface area (Å²) in [6.45, 7) is 2.14. The fourth-order valence-corrected chi connectivity index (χ4v) is 5.11. The summed E-state index contributed by atoms with van der Waals surface area (Å²) in [6.07, 6.45) is 7.85. The number of carbonyl (C=O) groups is 2. The Morgan fingerprint density at radius 1 is 1.28 bits per heavy atom. The van der Waals surface area contributed by atoms with Crippen LogP contribution < -0.4 is 10.6 Å². The molecule has 2 heterocycles. The summed E-state index contributed by atoms with van der Waals surface area (Å²) >= 11 is 1.67. The van der Waals surface area contributed by atoms with Gasteiger partial charge in [-0.25, -0.2) is 4.79 Å². The standard InChI is InChI=1S/C19H27N3O2S/c23-17(20-12-15-7-4-10-25-15)16-11-19(16)8-9-22(13-19)18(24)21-14-5-2-1-3-6-14/h4,7,10,14,16H,1-3,5-6,8-9,11-13H2,(H,20,23)(H,21,24)/t16-,19+/m0/s1. The molecule has 2 saturated carbocycles. The first-order valence-corrected chi connectivity index (χ1v) is 10.4.